The average Bonchev–Trinajstić information content (AvgIpc) is 3.60. The van der Waals surface area contributed by atoms with E-state index in [2.05, 4.69) is 53.1 Å². The molecule has 6 rings (SSSR count). The van der Waals surface area contributed by atoms with E-state index in [0.717, 1.165) is 39.9 Å². The second-order valence-electron chi connectivity index (χ2n) is 10.7. The number of alkyl halides is 2. The van der Waals surface area contributed by atoms with Gasteiger partial charge in [-0.1, -0.05) is 17.7 Å². The highest BCUT2D eigenvalue weighted by atomic mass is 32.1. The van der Waals surface area contributed by atoms with Gasteiger partial charge in [0, 0.05) is 87.8 Å². The Labute approximate surface area is 235 Å². The molecule has 0 saturated carbocycles. The van der Waals surface area contributed by atoms with Crippen molar-refractivity contribution in [1.29, 1.82) is 5.41 Å². The normalized spacial score (nSPS) is 16.8. The summed E-state index contributed by atoms with van der Waals surface area (Å²) in [5.41, 5.74) is 14.7. The maximum Gasteiger partial charge on any atom is 0.261 e. The van der Waals surface area contributed by atoms with Gasteiger partial charge in [0.1, 0.15) is 5.82 Å². The lowest BCUT2D eigenvalue weighted by atomic mass is 10.0. The van der Waals surface area contributed by atoms with Crippen LogP contribution >= 0.6 is 11.3 Å². The minimum atomic E-state index is -2.63. The number of nitrogens with zero attached hydrogens (tertiary/aromatic N) is 3. The molecule has 4 aromatic heterocycles. The molecule has 1 fully saturated rings. The van der Waals surface area contributed by atoms with Crippen molar-refractivity contribution < 1.29 is 8.78 Å². The van der Waals surface area contributed by atoms with Crippen molar-refractivity contribution in [2.24, 2.45) is 0 Å². The Morgan fingerprint density at radius 3 is 2.70 bits per heavy atom. The number of hydrogen-bond donors (Lipinski definition) is 3. The first-order chi connectivity index (χ1) is 19.1. The summed E-state index contributed by atoms with van der Waals surface area (Å²) in [4.78, 5) is 16.4. The highest BCUT2D eigenvalue weighted by Crippen LogP contribution is 2.36. The Morgan fingerprint density at radius 2 is 1.95 bits per heavy atom. The number of aromatic nitrogens is 3. The van der Waals surface area contributed by atoms with Crippen molar-refractivity contribution in [3.05, 3.63) is 104 Å². The zero-order chi connectivity index (χ0) is 28.0. The lowest BCUT2D eigenvalue weighted by Gasteiger charge is -2.16. The minimum absolute atomic E-state index is 0.115. The van der Waals surface area contributed by atoms with Crippen LogP contribution in [-0.2, 0) is 13.0 Å². The van der Waals surface area contributed by atoms with Gasteiger partial charge in [-0.15, -0.1) is 11.3 Å². The molecule has 4 aromatic rings. The highest BCUT2D eigenvalue weighted by Gasteiger charge is 2.37. The molecule has 4 N–H and O–H groups in total. The smallest absolute Gasteiger partial charge is 0.261 e. The topological polar surface area (TPSA) is 94.7 Å². The summed E-state index contributed by atoms with van der Waals surface area (Å²) < 4.78 is 27.3. The number of nitrogen functional groups attached to an aromatic ring is 1. The van der Waals surface area contributed by atoms with E-state index in [1.807, 2.05) is 18.2 Å². The summed E-state index contributed by atoms with van der Waals surface area (Å²) in [5.74, 6) is -2.37. The molecule has 0 unspecified atom stereocenters. The van der Waals surface area contributed by atoms with Crippen LogP contribution in [0, 0.1) is 12.3 Å². The number of pyridine rings is 2. The molecule has 0 bridgehead atoms. The van der Waals surface area contributed by atoms with Crippen LogP contribution in [0.2, 0.25) is 0 Å². The third-order valence-corrected chi connectivity index (χ3v) is 8.46. The summed E-state index contributed by atoms with van der Waals surface area (Å²) in [5, 5.41) is 9.08. The van der Waals surface area contributed by atoms with Gasteiger partial charge < -0.3 is 10.7 Å². The van der Waals surface area contributed by atoms with Crippen molar-refractivity contribution in [1.82, 2.24) is 19.9 Å². The highest BCUT2D eigenvalue weighted by molar-refractivity contribution is 7.13. The van der Waals surface area contributed by atoms with E-state index in [0.29, 0.717) is 24.3 Å². The van der Waals surface area contributed by atoms with Crippen LogP contribution in [0.1, 0.15) is 51.2 Å². The maximum absolute atomic E-state index is 13.7. The predicted molar refractivity (Wildman–Crippen MR) is 157 cm³/mol. The molecule has 40 heavy (non-hydrogen) atoms. The van der Waals surface area contributed by atoms with E-state index < -0.39 is 5.92 Å². The van der Waals surface area contributed by atoms with Gasteiger partial charge in [0.15, 0.2) is 0 Å². The third kappa shape index (κ3) is 5.26. The van der Waals surface area contributed by atoms with Crippen molar-refractivity contribution in [3.8, 4) is 11.1 Å². The minimum Gasteiger partial charge on any atom is -0.383 e. The molecule has 1 aliphatic carbocycles. The number of anilines is 1. The fourth-order valence-electron chi connectivity index (χ4n) is 5.37. The van der Waals surface area contributed by atoms with Crippen LogP contribution in [0.25, 0.3) is 16.7 Å². The van der Waals surface area contributed by atoms with Crippen LogP contribution in [0.4, 0.5) is 14.6 Å². The Morgan fingerprint density at radius 1 is 1.12 bits per heavy atom. The number of halogens is 2. The molecule has 6 nitrogen and oxygen atoms in total. The Bertz CT molecular complexity index is 1680. The number of nitrogens with two attached hydrogens (primary N) is 1. The largest absolute Gasteiger partial charge is 0.383 e. The number of likely N-dealkylation sites (tertiary alicyclic amines) is 1. The average molecular weight is 557 g/mol. The predicted octanol–water partition coefficient (Wildman–Crippen LogP) is 6.62. The zero-order valence-electron chi connectivity index (χ0n) is 22.4. The van der Waals surface area contributed by atoms with E-state index >= 15 is 0 Å². The van der Waals surface area contributed by atoms with Gasteiger partial charge in [-0.25, -0.2) is 13.8 Å². The number of hydrogen-bond acceptors (Lipinski definition) is 6. The van der Waals surface area contributed by atoms with Crippen molar-refractivity contribution in [3.63, 3.8) is 0 Å². The van der Waals surface area contributed by atoms with Gasteiger partial charge in [-0.05, 0) is 49.7 Å². The van der Waals surface area contributed by atoms with Gasteiger partial charge in [-0.3, -0.25) is 15.3 Å². The number of allylic oxidation sites excluding steroid dienone is 3. The molecule has 0 aromatic carbocycles. The van der Waals surface area contributed by atoms with Crippen LogP contribution in [-0.4, -0.2) is 44.6 Å². The van der Waals surface area contributed by atoms with Crippen LogP contribution in [0.5, 0.6) is 0 Å². The third-order valence-electron chi connectivity index (χ3n) is 7.43. The molecule has 204 valence electrons. The van der Waals surface area contributed by atoms with E-state index in [9.17, 15) is 8.78 Å². The van der Waals surface area contributed by atoms with Crippen LogP contribution in [0.3, 0.4) is 0 Å². The fraction of sp³-hybridized carbons (Fsp3) is 0.258. The molecule has 5 heterocycles. The number of aromatic amines is 1. The monoisotopic (exact) mass is 556 g/mol. The van der Waals surface area contributed by atoms with Gasteiger partial charge in [0.2, 0.25) is 0 Å². The Kier molecular flexibility index (Phi) is 6.72. The SMILES string of the molecule is CC1=CC=C(c2ccc(C)s2)c2cc(C(=N)c3cc(-c4cncc(CN5CCC(F)(F)C5)c4)cnc3N)[nH]c2C1. The summed E-state index contributed by atoms with van der Waals surface area (Å²) >= 11 is 1.75. The summed E-state index contributed by atoms with van der Waals surface area (Å²) in [7, 11) is 0. The summed E-state index contributed by atoms with van der Waals surface area (Å²) in [6, 6.07) is 10.1. The number of rotatable bonds is 6. The number of aryl methyl sites for hydroxylation is 1. The molecule has 0 radical (unpaired) electrons. The first-order valence-electron chi connectivity index (χ1n) is 13.2. The number of nitrogens with one attached hydrogen (secondary N) is 2. The van der Waals surface area contributed by atoms with Gasteiger partial charge in [0.25, 0.3) is 5.92 Å². The lowest BCUT2D eigenvalue weighted by Crippen LogP contribution is -2.24. The van der Waals surface area contributed by atoms with Gasteiger partial charge in [0.05, 0.1) is 18.0 Å². The van der Waals surface area contributed by atoms with Crippen molar-refractivity contribution >= 4 is 28.4 Å². The van der Waals surface area contributed by atoms with E-state index in [-0.39, 0.29) is 24.5 Å². The zero-order valence-corrected chi connectivity index (χ0v) is 23.2. The second kappa shape index (κ2) is 10.2. The Hall–Kier alpha value is -3.95. The van der Waals surface area contributed by atoms with E-state index in [1.165, 1.54) is 15.3 Å². The van der Waals surface area contributed by atoms with E-state index in [1.54, 1.807) is 34.8 Å². The van der Waals surface area contributed by atoms with Crippen molar-refractivity contribution in [2.45, 2.75) is 39.2 Å². The standard InChI is InChI=1S/C31H30F2N6S/c1-18-3-5-23(28-6-4-19(2)40-28)24-12-27(38-26(24)9-18)29(34)25-11-22(15-37-30(25)35)21-10-20(13-36-14-21)16-39-8-7-31(32,33)17-39/h3-6,10-15,34,38H,7-9,16-17H2,1-2H3,(H2,35,37). The molecule has 0 amide bonds. The molecular formula is C31H30F2N6S. The van der Waals surface area contributed by atoms with Gasteiger partial charge in [-0.2, -0.15) is 0 Å². The quantitative estimate of drug-likeness (QED) is 0.233. The van der Waals surface area contributed by atoms with Gasteiger partial charge >= 0.3 is 0 Å². The summed E-state index contributed by atoms with van der Waals surface area (Å²) in [6.07, 6.45) is 10.1. The molecule has 0 atom stereocenters. The summed E-state index contributed by atoms with van der Waals surface area (Å²) in [6.45, 7) is 4.74. The number of fused-ring (bicyclic) bond motifs is 1. The van der Waals surface area contributed by atoms with Crippen LogP contribution < -0.4 is 5.73 Å². The number of thiophene rings is 1. The first-order valence-corrected chi connectivity index (χ1v) is 14.0. The molecule has 1 aliphatic heterocycles. The molecule has 0 spiro atoms. The molecule has 1 saturated heterocycles. The molecule has 2 aliphatic rings. The second-order valence-corrected chi connectivity index (χ2v) is 12.0. The first kappa shape index (κ1) is 26.3. The van der Waals surface area contributed by atoms with Crippen molar-refractivity contribution in [2.75, 3.05) is 18.8 Å². The van der Waals surface area contributed by atoms with E-state index in [4.69, 9.17) is 11.1 Å². The fourth-order valence-corrected chi connectivity index (χ4v) is 6.28. The molecular weight excluding hydrogens is 526 g/mol. The lowest BCUT2D eigenvalue weighted by molar-refractivity contribution is 0.0115. The maximum atomic E-state index is 13.7. The molecule has 9 heteroatoms. The number of H-pyrrole nitrogens is 1. The Balaban J connectivity index is 1.30. The van der Waals surface area contributed by atoms with Crippen LogP contribution in [0.15, 0.2) is 66.6 Å².